The van der Waals surface area contributed by atoms with Crippen molar-refractivity contribution in [2.45, 2.75) is 0 Å². The van der Waals surface area contributed by atoms with Gasteiger partial charge in [0.2, 0.25) is 5.91 Å². The summed E-state index contributed by atoms with van der Waals surface area (Å²) in [5.74, 6) is -0.449. The van der Waals surface area contributed by atoms with Crippen LogP contribution in [0.25, 0.3) is 16.5 Å². The molecule has 0 radical (unpaired) electrons. The van der Waals surface area contributed by atoms with Gasteiger partial charge in [-0.2, -0.15) is 0 Å². The molecule has 4 nitrogen and oxygen atoms in total. The number of carbonyl (C=O) groups is 1. The Morgan fingerprint density at radius 1 is 1.12 bits per heavy atom. The number of nitrogens with two attached hydrogens (primary N) is 2. The van der Waals surface area contributed by atoms with Crippen molar-refractivity contribution in [1.82, 2.24) is 0 Å². The number of allylic oxidation sites excluding steroid dienone is 1. The average molecular weight is 361 g/mol. The molecule has 2 aromatic carbocycles. The van der Waals surface area contributed by atoms with Crippen LogP contribution in [0, 0.1) is 0 Å². The fourth-order valence-corrected chi connectivity index (χ4v) is 3.19. The highest BCUT2D eigenvalue weighted by atomic mass is 32.1. The highest BCUT2D eigenvalue weighted by Gasteiger charge is 2.05. The summed E-state index contributed by atoms with van der Waals surface area (Å²) in [5, 5.41) is 5.27. The third-order valence-electron chi connectivity index (χ3n) is 3.80. The van der Waals surface area contributed by atoms with E-state index in [0.29, 0.717) is 16.9 Å². The van der Waals surface area contributed by atoms with Crippen LogP contribution < -0.4 is 16.8 Å². The van der Waals surface area contributed by atoms with Gasteiger partial charge in [-0.3, -0.25) is 4.79 Å². The molecule has 26 heavy (non-hydrogen) atoms. The number of hydrogen-bond donors (Lipinski definition) is 3. The largest absolute Gasteiger partial charge is 0.397 e. The van der Waals surface area contributed by atoms with E-state index in [0.717, 1.165) is 16.8 Å². The summed E-state index contributed by atoms with van der Waals surface area (Å²) in [4.78, 5) is 12.4. The lowest BCUT2D eigenvalue weighted by Crippen LogP contribution is -2.10. The molecule has 0 fully saturated rings. The summed E-state index contributed by atoms with van der Waals surface area (Å²) in [7, 11) is 0. The van der Waals surface area contributed by atoms with Gasteiger partial charge < -0.3 is 16.8 Å². The monoisotopic (exact) mass is 361 g/mol. The highest BCUT2D eigenvalue weighted by Crippen LogP contribution is 2.30. The van der Waals surface area contributed by atoms with Crippen molar-refractivity contribution in [3.05, 3.63) is 89.5 Å². The van der Waals surface area contributed by atoms with Crippen molar-refractivity contribution >= 4 is 34.7 Å². The van der Waals surface area contributed by atoms with Crippen LogP contribution in [0.5, 0.6) is 0 Å². The number of rotatable bonds is 6. The van der Waals surface area contributed by atoms with E-state index in [9.17, 15) is 4.79 Å². The maximum Gasteiger partial charge on any atom is 0.248 e. The molecule has 5 heteroatoms. The molecule has 3 rings (SSSR count). The molecule has 0 unspecified atom stereocenters. The van der Waals surface area contributed by atoms with Gasteiger partial charge in [-0.1, -0.05) is 36.9 Å². The van der Waals surface area contributed by atoms with Crippen molar-refractivity contribution in [3.63, 3.8) is 0 Å². The number of carbonyl (C=O) groups excluding carboxylic acids is 1. The number of primary amides is 1. The Bertz CT molecular complexity index is 975. The van der Waals surface area contributed by atoms with Crippen molar-refractivity contribution in [3.8, 4) is 10.4 Å². The van der Waals surface area contributed by atoms with E-state index in [4.69, 9.17) is 11.5 Å². The molecule has 1 amide bonds. The number of nitrogen functional groups attached to an aromatic ring is 1. The lowest BCUT2D eigenvalue weighted by atomic mass is 10.1. The van der Waals surface area contributed by atoms with Crippen LogP contribution in [-0.2, 0) is 0 Å². The molecule has 1 heterocycles. The maximum absolute atomic E-state index is 11.3. The summed E-state index contributed by atoms with van der Waals surface area (Å²) in [6, 6.07) is 17.1. The quantitative estimate of drug-likeness (QED) is 0.438. The van der Waals surface area contributed by atoms with Crippen LogP contribution in [0.3, 0.4) is 0 Å². The van der Waals surface area contributed by atoms with Gasteiger partial charge in [-0.25, -0.2) is 0 Å². The zero-order chi connectivity index (χ0) is 18.5. The maximum atomic E-state index is 11.3. The molecule has 0 bridgehead atoms. The van der Waals surface area contributed by atoms with Gasteiger partial charge in [0, 0.05) is 16.1 Å². The molecule has 130 valence electrons. The Kier molecular flexibility index (Phi) is 5.20. The summed E-state index contributed by atoms with van der Waals surface area (Å²) >= 11 is 1.68. The lowest BCUT2D eigenvalue weighted by Gasteiger charge is -2.11. The van der Waals surface area contributed by atoms with Gasteiger partial charge in [0.25, 0.3) is 0 Å². The van der Waals surface area contributed by atoms with Crippen LogP contribution >= 0.6 is 11.3 Å². The Morgan fingerprint density at radius 3 is 2.69 bits per heavy atom. The lowest BCUT2D eigenvalue weighted by molar-refractivity contribution is 0.100. The molecular formula is C21H19N3OS. The molecular weight excluding hydrogens is 342 g/mol. The van der Waals surface area contributed by atoms with Gasteiger partial charge in [0.15, 0.2) is 0 Å². The summed E-state index contributed by atoms with van der Waals surface area (Å²) in [6.07, 6.45) is 3.69. The summed E-state index contributed by atoms with van der Waals surface area (Å²) in [6.45, 7) is 4.01. The SMILES string of the molecule is C=C(/C=C/c1cccc(C(N)=O)c1)Nc1cc(-c2cccs2)ccc1N. The number of amides is 1. The van der Waals surface area contributed by atoms with E-state index < -0.39 is 5.91 Å². The Hall–Kier alpha value is -3.31. The molecule has 0 aliphatic heterocycles. The van der Waals surface area contributed by atoms with Crippen molar-refractivity contribution in [2.24, 2.45) is 5.73 Å². The zero-order valence-electron chi connectivity index (χ0n) is 14.1. The Labute approximate surface area is 156 Å². The first kappa shape index (κ1) is 17.5. The van der Waals surface area contributed by atoms with Crippen LogP contribution in [0.1, 0.15) is 15.9 Å². The van der Waals surface area contributed by atoms with Gasteiger partial charge >= 0.3 is 0 Å². The average Bonchev–Trinajstić information content (AvgIpc) is 3.17. The second kappa shape index (κ2) is 7.72. The Morgan fingerprint density at radius 2 is 1.96 bits per heavy atom. The number of anilines is 2. The van der Waals surface area contributed by atoms with Crippen LogP contribution in [0.15, 0.2) is 78.3 Å². The zero-order valence-corrected chi connectivity index (χ0v) is 14.9. The van der Waals surface area contributed by atoms with E-state index in [1.54, 1.807) is 29.5 Å². The number of hydrogen-bond acceptors (Lipinski definition) is 4. The van der Waals surface area contributed by atoms with E-state index in [1.807, 2.05) is 47.9 Å². The molecule has 0 spiro atoms. The van der Waals surface area contributed by atoms with Crippen LogP contribution in [0.4, 0.5) is 11.4 Å². The smallest absolute Gasteiger partial charge is 0.248 e. The van der Waals surface area contributed by atoms with Gasteiger partial charge in [-0.05, 0) is 52.9 Å². The third-order valence-corrected chi connectivity index (χ3v) is 4.72. The first-order valence-electron chi connectivity index (χ1n) is 8.00. The minimum atomic E-state index is -0.449. The molecule has 0 saturated carbocycles. The fraction of sp³-hybridized carbons (Fsp3) is 0. The van der Waals surface area contributed by atoms with Crippen molar-refractivity contribution in [1.29, 1.82) is 0 Å². The minimum Gasteiger partial charge on any atom is -0.397 e. The second-order valence-electron chi connectivity index (χ2n) is 5.75. The summed E-state index contributed by atoms with van der Waals surface area (Å²) < 4.78 is 0. The van der Waals surface area contributed by atoms with Gasteiger partial charge in [0.05, 0.1) is 11.4 Å². The fourth-order valence-electron chi connectivity index (χ4n) is 2.47. The van der Waals surface area contributed by atoms with E-state index in [-0.39, 0.29) is 0 Å². The molecule has 0 aliphatic carbocycles. The number of thiophene rings is 1. The highest BCUT2D eigenvalue weighted by molar-refractivity contribution is 7.13. The molecule has 1 aromatic heterocycles. The molecule has 0 aliphatic rings. The first-order valence-corrected chi connectivity index (χ1v) is 8.88. The van der Waals surface area contributed by atoms with Crippen LogP contribution in [0.2, 0.25) is 0 Å². The molecule has 5 N–H and O–H groups in total. The van der Waals surface area contributed by atoms with Crippen LogP contribution in [-0.4, -0.2) is 5.91 Å². The normalized spacial score (nSPS) is 10.8. The number of benzene rings is 2. The van der Waals surface area contributed by atoms with Crippen molar-refractivity contribution < 1.29 is 4.79 Å². The Balaban J connectivity index is 1.75. The van der Waals surface area contributed by atoms with E-state index in [2.05, 4.69) is 18.0 Å². The van der Waals surface area contributed by atoms with Gasteiger partial charge in [-0.15, -0.1) is 11.3 Å². The predicted molar refractivity (Wildman–Crippen MR) is 111 cm³/mol. The molecule has 0 saturated heterocycles. The molecule has 0 atom stereocenters. The predicted octanol–water partition coefficient (Wildman–Crippen LogP) is 4.74. The first-order chi connectivity index (χ1) is 12.5. The van der Waals surface area contributed by atoms with E-state index >= 15 is 0 Å². The molecule has 3 aromatic rings. The minimum absolute atomic E-state index is 0.449. The van der Waals surface area contributed by atoms with Crippen molar-refractivity contribution in [2.75, 3.05) is 11.1 Å². The number of nitrogens with one attached hydrogen (secondary N) is 1. The summed E-state index contributed by atoms with van der Waals surface area (Å²) in [5.41, 5.74) is 16.0. The van der Waals surface area contributed by atoms with E-state index in [1.165, 1.54) is 4.88 Å². The topological polar surface area (TPSA) is 81.1 Å². The van der Waals surface area contributed by atoms with Gasteiger partial charge in [0.1, 0.15) is 0 Å². The second-order valence-corrected chi connectivity index (χ2v) is 6.70. The standard InChI is InChI=1S/C21H19N3OS/c1-14(7-8-15-4-2-5-17(12-15)21(23)25)24-19-13-16(9-10-18(19)22)20-6-3-11-26-20/h2-13,24H,1,22H2,(H2,23,25)/b8-7+. The third kappa shape index (κ3) is 4.20.